The first-order valence-corrected chi connectivity index (χ1v) is 6.30. The van der Waals surface area contributed by atoms with E-state index in [0.29, 0.717) is 11.1 Å². The normalized spacial score (nSPS) is 19.4. The van der Waals surface area contributed by atoms with Crippen molar-refractivity contribution in [2.24, 2.45) is 0 Å². The number of imide groups is 2. The summed E-state index contributed by atoms with van der Waals surface area (Å²) < 4.78 is 0. The highest BCUT2D eigenvalue weighted by Gasteiger charge is 2.38. The second-order valence-electron chi connectivity index (χ2n) is 4.15. The van der Waals surface area contributed by atoms with Gasteiger partial charge >= 0.3 is 0 Å². The van der Waals surface area contributed by atoms with Crippen molar-refractivity contribution < 1.29 is 19.2 Å². The molecule has 0 aliphatic carbocycles. The van der Waals surface area contributed by atoms with Crippen molar-refractivity contribution in [2.45, 2.75) is 40.5 Å². The van der Waals surface area contributed by atoms with Gasteiger partial charge in [0, 0.05) is 24.0 Å². The summed E-state index contributed by atoms with van der Waals surface area (Å²) in [6, 6.07) is 0. The van der Waals surface area contributed by atoms with Crippen LogP contribution in [0, 0.1) is 0 Å². The van der Waals surface area contributed by atoms with Gasteiger partial charge in [-0.15, -0.1) is 0 Å². The molecular weight excluding hydrogens is 248 g/mol. The SMILES string of the molecule is CC.CC1=C(C)C(=O)N(CN2C(=O)CCC2=O)C1=O. The van der Waals surface area contributed by atoms with E-state index in [4.69, 9.17) is 0 Å². The lowest BCUT2D eigenvalue weighted by Crippen LogP contribution is -2.44. The van der Waals surface area contributed by atoms with E-state index in [1.54, 1.807) is 13.8 Å². The molecule has 19 heavy (non-hydrogen) atoms. The predicted octanol–water partition coefficient (Wildman–Crippen LogP) is 0.824. The summed E-state index contributed by atoms with van der Waals surface area (Å²) >= 11 is 0. The molecule has 0 N–H and O–H groups in total. The van der Waals surface area contributed by atoms with Gasteiger partial charge in [0.15, 0.2) is 0 Å². The molecule has 4 amide bonds. The minimum Gasteiger partial charge on any atom is -0.274 e. The molecule has 0 aromatic rings. The van der Waals surface area contributed by atoms with E-state index in [9.17, 15) is 19.2 Å². The fourth-order valence-corrected chi connectivity index (χ4v) is 1.87. The van der Waals surface area contributed by atoms with Crippen molar-refractivity contribution in [3.8, 4) is 0 Å². The highest BCUT2D eigenvalue weighted by molar-refractivity contribution is 6.19. The molecule has 6 nitrogen and oxygen atoms in total. The standard InChI is InChI=1S/C11H12N2O4.C2H6/c1-6-7(2)11(17)13(10(6)16)5-12-8(14)3-4-9(12)15;1-2/h3-5H2,1-2H3;1-2H3. The van der Waals surface area contributed by atoms with E-state index in [1.165, 1.54) is 0 Å². The highest BCUT2D eigenvalue weighted by Crippen LogP contribution is 2.21. The number of amides is 4. The number of carbonyl (C=O) groups is 4. The van der Waals surface area contributed by atoms with Crippen LogP contribution in [0.5, 0.6) is 0 Å². The van der Waals surface area contributed by atoms with Crippen LogP contribution >= 0.6 is 0 Å². The lowest BCUT2D eigenvalue weighted by molar-refractivity contribution is -0.146. The largest absolute Gasteiger partial charge is 0.274 e. The summed E-state index contributed by atoms with van der Waals surface area (Å²) in [7, 11) is 0. The average Bonchev–Trinajstić information content (AvgIpc) is 2.82. The molecule has 6 heteroatoms. The van der Waals surface area contributed by atoms with E-state index in [-0.39, 0.29) is 31.3 Å². The average molecular weight is 266 g/mol. The van der Waals surface area contributed by atoms with Gasteiger partial charge in [-0.25, -0.2) is 0 Å². The Morgan fingerprint density at radius 3 is 1.53 bits per heavy atom. The number of carbonyl (C=O) groups excluding carboxylic acids is 4. The van der Waals surface area contributed by atoms with Gasteiger partial charge in [-0.3, -0.25) is 29.0 Å². The second-order valence-corrected chi connectivity index (χ2v) is 4.15. The molecule has 0 aromatic carbocycles. The molecule has 0 aromatic heterocycles. The summed E-state index contributed by atoms with van der Waals surface area (Å²) in [4.78, 5) is 48.1. The van der Waals surface area contributed by atoms with Crippen LogP contribution in [0.25, 0.3) is 0 Å². The minimum absolute atomic E-state index is 0.153. The molecule has 0 spiro atoms. The number of likely N-dealkylation sites (tertiary alicyclic amines) is 1. The highest BCUT2D eigenvalue weighted by atomic mass is 16.2. The number of nitrogens with zero attached hydrogens (tertiary/aromatic N) is 2. The van der Waals surface area contributed by atoms with Crippen LogP contribution in [0.4, 0.5) is 0 Å². The first-order chi connectivity index (χ1) is 8.93. The van der Waals surface area contributed by atoms with Gasteiger partial charge in [0.05, 0.1) is 0 Å². The fraction of sp³-hybridized carbons (Fsp3) is 0.538. The molecule has 1 fully saturated rings. The molecule has 0 bridgehead atoms. The second kappa shape index (κ2) is 5.77. The Balaban J connectivity index is 0.000000861. The topological polar surface area (TPSA) is 74.8 Å². The monoisotopic (exact) mass is 266 g/mol. The summed E-state index contributed by atoms with van der Waals surface area (Å²) in [6.07, 6.45) is 0.306. The van der Waals surface area contributed by atoms with Crippen molar-refractivity contribution in [3.05, 3.63) is 11.1 Å². The Hall–Kier alpha value is -1.98. The van der Waals surface area contributed by atoms with Crippen LogP contribution in [-0.2, 0) is 19.2 Å². The van der Waals surface area contributed by atoms with Crippen molar-refractivity contribution >= 4 is 23.6 Å². The third-order valence-corrected chi connectivity index (χ3v) is 3.13. The predicted molar refractivity (Wildman–Crippen MR) is 67.5 cm³/mol. The van der Waals surface area contributed by atoms with Gasteiger partial charge in [-0.05, 0) is 13.8 Å². The zero-order chi connectivity index (χ0) is 14.7. The Morgan fingerprint density at radius 1 is 0.789 bits per heavy atom. The Bertz CT molecular complexity index is 439. The van der Waals surface area contributed by atoms with Gasteiger partial charge in [0.25, 0.3) is 11.8 Å². The molecule has 1 saturated heterocycles. The van der Waals surface area contributed by atoms with Crippen LogP contribution < -0.4 is 0 Å². The molecule has 2 rings (SSSR count). The summed E-state index contributed by atoms with van der Waals surface area (Å²) in [5.41, 5.74) is 0.739. The molecule has 0 atom stereocenters. The van der Waals surface area contributed by atoms with Crippen molar-refractivity contribution in [3.63, 3.8) is 0 Å². The molecule has 2 aliphatic heterocycles. The maximum atomic E-state index is 11.7. The molecular formula is C13H18N2O4. The lowest BCUT2D eigenvalue weighted by Gasteiger charge is -2.21. The number of hydrogen-bond acceptors (Lipinski definition) is 4. The first-order valence-electron chi connectivity index (χ1n) is 6.30. The Kier molecular flexibility index (Phi) is 4.58. The summed E-state index contributed by atoms with van der Waals surface area (Å²) in [6.45, 7) is 6.86. The van der Waals surface area contributed by atoms with E-state index < -0.39 is 11.8 Å². The maximum absolute atomic E-state index is 11.7. The van der Waals surface area contributed by atoms with E-state index in [0.717, 1.165) is 9.80 Å². The lowest BCUT2D eigenvalue weighted by atomic mass is 10.2. The van der Waals surface area contributed by atoms with Gasteiger partial charge in [-0.1, -0.05) is 13.8 Å². The summed E-state index contributed by atoms with van der Waals surface area (Å²) in [5, 5.41) is 0. The number of rotatable bonds is 2. The Morgan fingerprint density at radius 2 is 1.16 bits per heavy atom. The van der Waals surface area contributed by atoms with E-state index >= 15 is 0 Å². The first kappa shape index (κ1) is 15.1. The van der Waals surface area contributed by atoms with Crippen molar-refractivity contribution in [1.29, 1.82) is 0 Å². The van der Waals surface area contributed by atoms with Crippen molar-refractivity contribution in [1.82, 2.24) is 9.80 Å². The molecule has 0 unspecified atom stereocenters. The van der Waals surface area contributed by atoms with Crippen LogP contribution in [0.3, 0.4) is 0 Å². The summed E-state index contributed by atoms with van der Waals surface area (Å²) in [5.74, 6) is -1.53. The van der Waals surface area contributed by atoms with Gasteiger partial charge < -0.3 is 0 Å². The van der Waals surface area contributed by atoms with Crippen LogP contribution in [0.2, 0.25) is 0 Å². The van der Waals surface area contributed by atoms with E-state index in [1.807, 2.05) is 13.8 Å². The number of hydrogen-bond donors (Lipinski definition) is 0. The van der Waals surface area contributed by atoms with Crippen molar-refractivity contribution in [2.75, 3.05) is 6.67 Å². The smallest absolute Gasteiger partial charge is 0.258 e. The zero-order valence-corrected chi connectivity index (χ0v) is 11.6. The molecule has 104 valence electrons. The van der Waals surface area contributed by atoms with Gasteiger partial charge in [-0.2, -0.15) is 0 Å². The molecule has 0 saturated carbocycles. The van der Waals surface area contributed by atoms with Crippen LogP contribution in [-0.4, -0.2) is 40.1 Å². The van der Waals surface area contributed by atoms with Gasteiger partial charge in [0.1, 0.15) is 6.67 Å². The minimum atomic E-state index is -0.431. The molecule has 2 aliphatic rings. The fourth-order valence-electron chi connectivity index (χ4n) is 1.87. The zero-order valence-electron chi connectivity index (χ0n) is 11.6. The maximum Gasteiger partial charge on any atom is 0.258 e. The van der Waals surface area contributed by atoms with Crippen LogP contribution in [0.1, 0.15) is 40.5 Å². The quantitative estimate of drug-likeness (QED) is 0.694. The third kappa shape index (κ3) is 2.57. The molecule has 0 radical (unpaired) electrons. The van der Waals surface area contributed by atoms with Crippen LogP contribution in [0.15, 0.2) is 11.1 Å². The Labute approximate surface area is 112 Å². The third-order valence-electron chi connectivity index (χ3n) is 3.13. The van der Waals surface area contributed by atoms with E-state index in [2.05, 4.69) is 0 Å². The molecule has 2 heterocycles. The van der Waals surface area contributed by atoms with Gasteiger partial charge in [0.2, 0.25) is 11.8 Å².